The van der Waals surface area contributed by atoms with Gasteiger partial charge in [-0.1, -0.05) is 0 Å². The van der Waals surface area contributed by atoms with Gasteiger partial charge in [-0.25, -0.2) is 0 Å². The first-order valence-corrected chi connectivity index (χ1v) is 6.00. The molecule has 88 valence electrons. The molecule has 2 aliphatic rings. The van der Waals surface area contributed by atoms with Gasteiger partial charge in [0.1, 0.15) is 0 Å². The van der Waals surface area contributed by atoms with Gasteiger partial charge in [0, 0.05) is 45.4 Å². The molecule has 0 aliphatic carbocycles. The molecule has 0 aromatic rings. The summed E-state index contributed by atoms with van der Waals surface area (Å²) >= 11 is 0. The van der Waals surface area contributed by atoms with E-state index in [0.717, 1.165) is 12.6 Å². The van der Waals surface area contributed by atoms with Crippen molar-refractivity contribution in [3.63, 3.8) is 0 Å². The average Bonchev–Trinajstić information content (AvgIpc) is 2.65. The number of nitrogens with two attached hydrogens (primary N) is 1. The van der Waals surface area contributed by atoms with E-state index in [-0.39, 0.29) is 6.04 Å². The molecule has 0 bridgehead atoms. The number of hydrogen-bond donors (Lipinski definition) is 1. The van der Waals surface area contributed by atoms with Crippen LogP contribution in [0, 0.1) is 0 Å². The predicted molar refractivity (Wildman–Crippen MR) is 60.9 cm³/mol. The van der Waals surface area contributed by atoms with Crippen LogP contribution in [0.2, 0.25) is 0 Å². The first-order chi connectivity index (χ1) is 7.29. The minimum atomic E-state index is 0.169. The maximum atomic E-state index is 5.97. The fourth-order valence-corrected chi connectivity index (χ4v) is 2.82. The Bertz CT molecular complexity index is 200. The maximum absolute atomic E-state index is 5.97. The van der Waals surface area contributed by atoms with Gasteiger partial charge < -0.3 is 10.5 Å². The van der Waals surface area contributed by atoms with Crippen LogP contribution in [-0.4, -0.2) is 68.3 Å². The van der Waals surface area contributed by atoms with Gasteiger partial charge in [0.2, 0.25) is 0 Å². The van der Waals surface area contributed by atoms with Gasteiger partial charge in [0.05, 0.1) is 6.61 Å². The number of fused-ring (bicyclic) bond motifs is 1. The minimum Gasteiger partial charge on any atom is -0.383 e. The molecule has 4 heteroatoms. The molecule has 2 N–H and O–H groups in total. The Morgan fingerprint density at radius 2 is 2.27 bits per heavy atom. The summed E-state index contributed by atoms with van der Waals surface area (Å²) in [5.74, 6) is 0. The first-order valence-electron chi connectivity index (χ1n) is 6.00. The molecular weight excluding hydrogens is 190 g/mol. The van der Waals surface area contributed by atoms with Crippen LogP contribution in [0.1, 0.15) is 12.8 Å². The monoisotopic (exact) mass is 213 g/mol. The zero-order valence-corrected chi connectivity index (χ0v) is 9.69. The van der Waals surface area contributed by atoms with Crippen LogP contribution in [0.4, 0.5) is 0 Å². The lowest BCUT2D eigenvalue weighted by atomic mass is 10.1. The van der Waals surface area contributed by atoms with E-state index >= 15 is 0 Å². The van der Waals surface area contributed by atoms with Crippen molar-refractivity contribution < 1.29 is 4.74 Å². The lowest BCUT2D eigenvalue weighted by molar-refractivity contribution is 0.0863. The predicted octanol–water partition coefficient (Wildman–Crippen LogP) is -0.260. The number of nitrogens with zero attached hydrogens (tertiary/aromatic N) is 2. The van der Waals surface area contributed by atoms with E-state index < -0.39 is 0 Å². The molecule has 0 amide bonds. The first kappa shape index (κ1) is 11.3. The second-order valence-electron chi connectivity index (χ2n) is 4.81. The van der Waals surface area contributed by atoms with Crippen LogP contribution < -0.4 is 5.73 Å². The molecule has 0 aromatic carbocycles. The van der Waals surface area contributed by atoms with Crippen molar-refractivity contribution in [1.29, 1.82) is 0 Å². The number of piperazine rings is 1. The minimum absolute atomic E-state index is 0.169. The van der Waals surface area contributed by atoms with Gasteiger partial charge in [-0.2, -0.15) is 0 Å². The quantitative estimate of drug-likeness (QED) is 0.698. The standard InChI is InChI=1S/C11H23N3O/c1-15-9-10(12)7-13-5-6-14-4-2-3-11(14)8-13/h10-11H,2-9,12H2,1H3. The lowest BCUT2D eigenvalue weighted by Crippen LogP contribution is -2.53. The van der Waals surface area contributed by atoms with Crippen LogP contribution in [-0.2, 0) is 4.74 Å². The molecule has 2 unspecified atom stereocenters. The summed E-state index contributed by atoms with van der Waals surface area (Å²) in [6.45, 7) is 6.57. The van der Waals surface area contributed by atoms with E-state index in [9.17, 15) is 0 Å². The summed E-state index contributed by atoms with van der Waals surface area (Å²) in [5.41, 5.74) is 5.97. The lowest BCUT2D eigenvalue weighted by Gasteiger charge is -2.38. The molecule has 2 atom stereocenters. The van der Waals surface area contributed by atoms with Crippen LogP contribution >= 0.6 is 0 Å². The maximum Gasteiger partial charge on any atom is 0.0626 e. The van der Waals surface area contributed by atoms with Gasteiger partial charge in [0.25, 0.3) is 0 Å². The molecule has 2 saturated heterocycles. The number of hydrogen-bond acceptors (Lipinski definition) is 4. The molecular formula is C11H23N3O. The Morgan fingerprint density at radius 1 is 1.40 bits per heavy atom. The molecule has 4 nitrogen and oxygen atoms in total. The van der Waals surface area contributed by atoms with Gasteiger partial charge in [-0.05, 0) is 19.4 Å². The summed E-state index contributed by atoms with van der Waals surface area (Å²) < 4.78 is 5.07. The molecule has 0 aromatic heterocycles. The van der Waals surface area contributed by atoms with E-state index in [1.54, 1.807) is 7.11 Å². The Hall–Kier alpha value is -0.160. The Morgan fingerprint density at radius 3 is 3.07 bits per heavy atom. The summed E-state index contributed by atoms with van der Waals surface area (Å²) in [7, 11) is 1.72. The summed E-state index contributed by atoms with van der Waals surface area (Å²) in [5, 5.41) is 0. The molecule has 2 heterocycles. The third kappa shape index (κ3) is 2.91. The third-order valence-electron chi connectivity index (χ3n) is 3.54. The summed E-state index contributed by atoms with van der Waals surface area (Å²) in [4.78, 5) is 5.12. The van der Waals surface area contributed by atoms with E-state index in [2.05, 4.69) is 9.80 Å². The van der Waals surface area contributed by atoms with Crippen molar-refractivity contribution in [2.24, 2.45) is 5.73 Å². The Kier molecular flexibility index (Phi) is 3.97. The van der Waals surface area contributed by atoms with Gasteiger partial charge in [-0.15, -0.1) is 0 Å². The van der Waals surface area contributed by atoms with Crippen molar-refractivity contribution in [3.05, 3.63) is 0 Å². The smallest absolute Gasteiger partial charge is 0.0626 e. The van der Waals surface area contributed by atoms with Crippen molar-refractivity contribution >= 4 is 0 Å². The molecule has 0 radical (unpaired) electrons. The van der Waals surface area contributed by atoms with E-state index in [4.69, 9.17) is 10.5 Å². The highest BCUT2D eigenvalue weighted by Crippen LogP contribution is 2.21. The summed E-state index contributed by atoms with van der Waals surface area (Å²) in [6.07, 6.45) is 2.75. The van der Waals surface area contributed by atoms with Crippen molar-refractivity contribution in [2.45, 2.75) is 24.9 Å². The van der Waals surface area contributed by atoms with E-state index in [1.807, 2.05) is 0 Å². The average molecular weight is 213 g/mol. The van der Waals surface area contributed by atoms with Gasteiger partial charge in [0.15, 0.2) is 0 Å². The van der Waals surface area contributed by atoms with Gasteiger partial charge in [-0.3, -0.25) is 9.80 Å². The normalized spacial score (nSPS) is 30.4. The van der Waals surface area contributed by atoms with Crippen molar-refractivity contribution in [2.75, 3.05) is 46.4 Å². The molecule has 2 rings (SSSR count). The Balaban J connectivity index is 1.75. The highest BCUT2D eigenvalue weighted by molar-refractivity contribution is 4.87. The third-order valence-corrected chi connectivity index (χ3v) is 3.54. The highest BCUT2D eigenvalue weighted by atomic mass is 16.5. The fourth-order valence-electron chi connectivity index (χ4n) is 2.82. The van der Waals surface area contributed by atoms with E-state index in [0.29, 0.717) is 6.61 Å². The highest BCUT2D eigenvalue weighted by Gasteiger charge is 2.30. The second-order valence-corrected chi connectivity index (χ2v) is 4.81. The van der Waals surface area contributed by atoms with Crippen LogP contribution in [0.15, 0.2) is 0 Å². The van der Waals surface area contributed by atoms with Crippen LogP contribution in [0.25, 0.3) is 0 Å². The molecule has 2 fully saturated rings. The zero-order valence-electron chi connectivity index (χ0n) is 9.69. The summed E-state index contributed by atoms with van der Waals surface area (Å²) in [6, 6.07) is 0.969. The number of methoxy groups -OCH3 is 1. The SMILES string of the molecule is COCC(N)CN1CCN2CCCC2C1. The number of rotatable bonds is 4. The van der Waals surface area contributed by atoms with Gasteiger partial charge >= 0.3 is 0 Å². The molecule has 0 saturated carbocycles. The molecule has 15 heavy (non-hydrogen) atoms. The fraction of sp³-hybridized carbons (Fsp3) is 1.00. The molecule has 2 aliphatic heterocycles. The van der Waals surface area contributed by atoms with E-state index in [1.165, 1.54) is 39.0 Å². The van der Waals surface area contributed by atoms with Crippen molar-refractivity contribution in [3.8, 4) is 0 Å². The molecule has 0 spiro atoms. The van der Waals surface area contributed by atoms with Crippen molar-refractivity contribution in [1.82, 2.24) is 9.80 Å². The van der Waals surface area contributed by atoms with Crippen LogP contribution in [0.3, 0.4) is 0 Å². The number of ether oxygens (including phenoxy) is 1. The van der Waals surface area contributed by atoms with Crippen LogP contribution in [0.5, 0.6) is 0 Å². The topological polar surface area (TPSA) is 41.7 Å². The second kappa shape index (κ2) is 5.25. The zero-order chi connectivity index (χ0) is 10.7. The Labute approximate surface area is 92.4 Å². The largest absolute Gasteiger partial charge is 0.383 e.